The summed E-state index contributed by atoms with van der Waals surface area (Å²) in [6.07, 6.45) is 5.15. The van der Waals surface area contributed by atoms with Crippen molar-refractivity contribution in [3.63, 3.8) is 0 Å². The molecule has 0 saturated heterocycles. The second-order valence-corrected chi connectivity index (χ2v) is 4.51. The van der Waals surface area contributed by atoms with Gasteiger partial charge in [-0.1, -0.05) is 30.3 Å². The van der Waals surface area contributed by atoms with E-state index in [4.69, 9.17) is 5.73 Å². The van der Waals surface area contributed by atoms with Gasteiger partial charge in [-0.2, -0.15) is 0 Å². The standard InChI is InChI=1S/C16H24N2/c1-4-7-16(18-11-10-17)14(3)12-15-9-6-5-8-13(15)2/h4-9,18H,10-12,17H2,1-3H3/b7-4-,16-14-. The molecule has 2 heteroatoms. The first kappa shape index (κ1) is 14.5. The molecule has 0 spiro atoms. The molecule has 0 aliphatic carbocycles. The number of hydrogen-bond donors (Lipinski definition) is 2. The Balaban J connectivity index is 2.87. The summed E-state index contributed by atoms with van der Waals surface area (Å²) in [6, 6.07) is 8.52. The quantitative estimate of drug-likeness (QED) is 0.755. The van der Waals surface area contributed by atoms with Gasteiger partial charge in [-0.15, -0.1) is 0 Å². The maximum Gasteiger partial charge on any atom is 0.0329 e. The molecule has 0 fully saturated rings. The molecule has 0 aliphatic rings. The summed E-state index contributed by atoms with van der Waals surface area (Å²) >= 11 is 0. The average Bonchev–Trinajstić information content (AvgIpc) is 2.37. The van der Waals surface area contributed by atoms with Gasteiger partial charge in [0.1, 0.15) is 0 Å². The molecular formula is C16H24N2. The normalized spacial score (nSPS) is 12.7. The minimum absolute atomic E-state index is 0.651. The van der Waals surface area contributed by atoms with E-state index in [9.17, 15) is 0 Å². The monoisotopic (exact) mass is 244 g/mol. The van der Waals surface area contributed by atoms with Crippen molar-refractivity contribution >= 4 is 0 Å². The van der Waals surface area contributed by atoms with Gasteiger partial charge < -0.3 is 11.1 Å². The zero-order valence-corrected chi connectivity index (χ0v) is 11.7. The molecule has 0 atom stereocenters. The molecule has 1 aromatic carbocycles. The van der Waals surface area contributed by atoms with E-state index in [1.165, 1.54) is 22.4 Å². The van der Waals surface area contributed by atoms with Gasteiger partial charge in [-0.25, -0.2) is 0 Å². The summed E-state index contributed by atoms with van der Waals surface area (Å²) in [7, 11) is 0. The van der Waals surface area contributed by atoms with Crippen molar-refractivity contribution < 1.29 is 0 Å². The second-order valence-electron chi connectivity index (χ2n) is 4.51. The maximum absolute atomic E-state index is 5.54. The number of nitrogens with one attached hydrogen (secondary N) is 1. The fraction of sp³-hybridized carbons (Fsp3) is 0.375. The molecule has 0 amide bonds. The van der Waals surface area contributed by atoms with Crippen LogP contribution in [0.2, 0.25) is 0 Å². The van der Waals surface area contributed by atoms with Gasteiger partial charge in [0.2, 0.25) is 0 Å². The molecule has 0 aliphatic heterocycles. The first-order valence-corrected chi connectivity index (χ1v) is 6.50. The minimum atomic E-state index is 0.651. The van der Waals surface area contributed by atoms with E-state index in [1.54, 1.807) is 0 Å². The Morgan fingerprint density at radius 3 is 2.67 bits per heavy atom. The van der Waals surface area contributed by atoms with Gasteiger partial charge in [0.25, 0.3) is 0 Å². The SMILES string of the molecule is C/C=C\C(NCCN)=C(/C)Cc1ccccc1C. The van der Waals surface area contributed by atoms with Gasteiger partial charge in [0.15, 0.2) is 0 Å². The third kappa shape index (κ3) is 4.38. The van der Waals surface area contributed by atoms with Crippen LogP contribution in [0, 0.1) is 6.92 Å². The van der Waals surface area contributed by atoms with E-state index in [1.807, 2.05) is 6.92 Å². The van der Waals surface area contributed by atoms with Crippen molar-refractivity contribution in [3.05, 3.63) is 58.8 Å². The van der Waals surface area contributed by atoms with Gasteiger partial charge >= 0.3 is 0 Å². The lowest BCUT2D eigenvalue weighted by atomic mass is 10.00. The van der Waals surface area contributed by atoms with Gasteiger partial charge in [0.05, 0.1) is 0 Å². The highest BCUT2D eigenvalue weighted by atomic mass is 14.9. The van der Waals surface area contributed by atoms with E-state index >= 15 is 0 Å². The summed E-state index contributed by atoms with van der Waals surface area (Å²) in [5, 5.41) is 3.38. The van der Waals surface area contributed by atoms with Crippen LogP contribution in [-0.2, 0) is 6.42 Å². The molecule has 0 unspecified atom stereocenters. The van der Waals surface area contributed by atoms with Crippen LogP contribution >= 0.6 is 0 Å². The molecule has 0 aromatic heterocycles. The highest BCUT2D eigenvalue weighted by Crippen LogP contribution is 2.15. The zero-order chi connectivity index (χ0) is 13.4. The second kappa shape index (κ2) is 7.72. The number of allylic oxidation sites excluding steroid dienone is 3. The van der Waals surface area contributed by atoms with Gasteiger partial charge in [0, 0.05) is 18.8 Å². The predicted molar refractivity (Wildman–Crippen MR) is 79.5 cm³/mol. The highest BCUT2D eigenvalue weighted by molar-refractivity contribution is 5.33. The largest absolute Gasteiger partial charge is 0.384 e. The van der Waals surface area contributed by atoms with Crippen LogP contribution in [0.15, 0.2) is 47.7 Å². The van der Waals surface area contributed by atoms with Crippen LogP contribution in [0.3, 0.4) is 0 Å². The topological polar surface area (TPSA) is 38.0 Å². The number of aryl methyl sites for hydroxylation is 1. The fourth-order valence-corrected chi connectivity index (χ4v) is 1.91. The van der Waals surface area contributed by atoms with Crippen molar-refractivity contribution in [2.24, 2.45) is 5.73 Å². The average molecular weight is 244 g/mol. The molecule has 0 radical (unpaired) electrons. The lowest BCUT2D eigenvalue weighted by Crippen LogP contribution is -2.22. The summed E-state index contributed by atoms with van der Waals surface area (Å²) in [5.74, 6) is 0. The van der Waals surface area contributed by atoms with E-state index < -0.39 is 0 Å². The maximum atomic E-state index is 5.54. The van der Waals surface area contributed by atoms with Gasteiger partial charge in [-0.3, -0.25) is 0 Å². The first-order valence-electron chi connectivity index (χ1n) is 6.50. The number of benzene rings is 1. The molecule has 0 saturated carbocycles. The Hall–Kier alpha value is -1.54. The van der Waals surface area contributed by atoms with Crippen molar-refractivity contribution in [1.82, 2.24) is 5.32 Å². The fourth-order valence-electron chi connectivity index (χ4n) is 1.91. The molecule has 18 heavy (non-hydrogen) atoms. The highest BCUT2D eigenvalue weighted by Gasteiger charge is 2.02. The number of nitrogens with two attached hydrogens (primary N) is 1. The molecular weight excluding hydrogens is 220 g/mol. The Kier molecular flexibility index (Phi) is 6.23. The van der Waals surface area contributed by atoms with Crippen LogP contribution in [0.1, 0.15) is 25.0 Å². The molecule has 1 aromatic rings. The number of hydrogen-bond acceptors (Lipinski definition) is 2. The molecule has 0 heterocycles. The Labute approximate surface area is 111 Å². The van der Waals surface area contributed by atoms with E-state index in [0.717, 1.165) is 13.0 Å². The molecule has 3 N–H and O–H groups in total. The molecule has 2 nitrogen and oxygen atoms in total. The lowest BCUT2D eigenvalue weighted by molar-refractivity contribution is 0.799. The van der Waals surface area contributed by atoms with Crippen molar-refractivity contribution in [2.75, 3.05) is 13.1 Å². The van der Waals surface area contributed by atoms with Gasteiger partial charge in [-0.05, 0) is 50.0 Å². The van der Waals surface area contributed by atoms with Crippen LogP contribution in [-0.4, -0.2) is 13.1 Å². The summed E-state index contributed by atoms with van der Waals surface area (Å²) in [6.45, 7) is 7.82. The van der Waals surface area contributed by atoms with Crippen molar-refractivity contribution in [1.29, 1.82) is 0 Å². The summed E-state index contributed by atoms with van der Waals surface area (Å²) in [5.41, 5.74) is 10.8. The zero-order valence-electron chi connectivity index (χ0n) is 11.7. The summed E-state index contributed by atoms with van der Waals surface area (Å²) < 4.78 is 0. The Morgan fingerprint density at radius 1 is 1.33 bits per heavy atom. The first-order chi connectivity index (χ1) is 8.69. The molecule has 98 valence electrons. The third-order valence-electron chi connectivity index (χ3n) is 2.97. The Morgan fingerprint density at radius 2 is 2.06 bits per heavy atom. The molecule has 0 bridgehead atoms. The predicted octanol–water partition coefficient (Wildman–Crippen LogP) is 2.94. The van der Waals surface area contributed by atoms with E-state index in [2.05, 4.69) is 55.6 Å². The Bertz CT molecular complexity index is 430. The van der Waals surface area contributed by atoms with Crippen molar-refractivity contribution in [3.8, 4) is 0 Å². The van der Waals surface area contributed by atoms with E-state index in [0.29, 0.717) is 6.54 Å². The summed E-state index contributed by atoms with van der Waals surface area (Å²) in [4.78, 5) is 0. The smallest absolute Gasteiger partial charge is 0.0329 e. The van der Waals surface area contributed by atoms with Crippen LogP contribution in [0.25, 0.3) is 0 Å². The third-order valence-corrected chi connectivity index (χ3v) is 2.97. The van der Waals surface area contributed by atoms with Crippen LogP contribution < -0.4 is 11.1 Å². The van der Waals surface area contributed by atoms with Crippen LogP contribution in [0.4, 0.5) is 0 Å². The minimum Gasteiger partial charge on any atom is -0.384 e. The van der Waals surface area contributed by atoms with E-state index in [-0.39, 0.29) is 0 Å². The van der Waals surface area contributed by atoms with Crippen molar-refractivity contribution in [2.45, 2.75) is 27.2 Å². The van der Waals surface area contributed by atoms with Crippen LogP contribution in [0.5, 0.6) is 0 Å². The number of rotatable bonds is 6. The molecule has 1 rings (SSSR count). The lowest BCUT2D eigenvalue weighted by Gasteiger charge is -2.12.